The molecule has 5 nitrogen and oxygen atoms in total. The van der Waals surface area contributed by atoms with Crippen molar-refractivity contribution in [2.24, 2.45) is 0 Å². The van der Waals surface area contributed by atoms with Crippen molar-refractivity contribution < 1.29 is 23.8 Å². The maximum atomic E-state index is 13.9. The summed E-state index contributed by atoms with van der Waals surface area (Å²) >= 11 is 0. The molecule has 1 aliphatic rings. The number of carbonyl (C=O) groups excluding carboxylic acids is 1. The number of piperidine rings is 1. The number of rotatable bonds is 2. The summed E-state index contributed by atoms with van der Waals surface area (Å²) in [6, 6.07) is 5.36. The monoisotopic (exact) mass is 323 g/mol. The molecule has 0 saturated carbocycles. The van der Waals surface area contributed by atoms with Gasteiger partial charge in [-0.05, 0) is 51.2 Å². The summed E-state index contributed by atoms with van der Waals surface area (Å²) in [6.07, 6.45) is 0.0383. The lowest BCUT2D eigenvalue weighted by Crippen LogP contribution is -2.51. The molecule has 0 bridgehead atoms. The SMILES string of the molecule is CC(C)(C)OC(=O)N1CC[C@@H](c2ccccc2F)C[C@@H]1C(=O)O. The number of likely N-dealkylation sites (tertiary alicyclic amines) is 1. The molecule has 0 unspecified atom stereocenters. The smallest absolute Gasteiger partial charge is 0.411 e. The van der Waals surface area contributed by atoms with Gasteiger partial charge in [-0.3, -0.25) is 4.90 Å². The Balaban J connectivity index is 2.17. The highest BCUT2D eigenvalue weighted by Gasteiger charge is 2.39. The van der Waals surface area contributed by atoms with Crippen LogP contribution in [0.25, 0.3) is 0 Å². The topological polar surface area (TPSA) is 66.8 Å². The molecule has 1 fully saturated rings. The zero-order valence-electron chi connectivity index (χ0n) is 13.6. The minimum atomic E-state index is -1.10. The zero-order valence-corrected chi connectivity index (χ0v) is 13.6. The van der Waals surface area contributed by atoms with Crippen LogP contribution in [0.3, 0.4) is 0 Å². The first-order valence-electron chi connectivity index (χ1n) is 7.66. The summed E-state index contributed by atoms with van der Waals surface area (Å²) < 4.78 is 19.2. The third-order valence-corrected chi connectivity index (χ3v) is 3.86. The molecule has 2 rings (SSSR count). The lowest BCUT2D eigenvalue weighted by atomic mass is 9.85. The lowest BCUT2D eigenvalue weighted by molar-refractivity contribution is -0.144. The van der Waals surface area contributed by atoms with Crippen molar-refractivity contribution in [3.63, 3.8) is 0 Å². The molecule has 1 N–H and O–H groups in total. The van der Waals surface area contributed by atoms with Gasteiger partial charge in [0.05, 0.1) is 0 Å². The molecule has 126 valence electrons. The number of hydrogen-bond acceptors (Lipinski definition) is 3. The van der Waals surface area contributed by atoms with Crippen molar-refractivity contribution in [3.05, 3.63) is 35.6 Å². The highest BCUT2D eigenvalue weighted by Crippen LogP contribution is 2.33. The Kier molecular flexibility index (Phi) is 4.92. The van der Waals surface area contributed by atoms with Gasteiger partial charge >= 0.3 is 12.1 Å². The number of hydrogen-bond donors (Lipinski definition) is 1. The number of ether oxygens (including phenoxy) is 1. The van der Waals surface area contributed by atoms with E-state index in [-0.39, 0.29) is 24.7 Å². The second-order valence-electron chi connectivity index (χ2n) is 6.77. The van der Waals surface area contributed by atoms with Crippen LogP contribution in [-0.2, 0) is 9.53 Å². The van der Waals surface area contributed by atoms with Crippen LogP contribution in [0.1, 0.15) is 45.1 Å². The van der Waals surface area contributed by atoms with Gasteiger partial charge in [0, 0.05) is 6.54 Å². The number of carboxylic acids is 1. The predicted molar refractivity (Wildman–Crippen MR) is 82.7 cm³/mol. The van der Waals surface area contributed by atoms with Crippen molar-refractivity contribution in [3.8, 4) is 0 Å². The van der Waals surface area contributed by atoms with Crippen LogP contribution < -0.4 is 0 Å². The van der Waals surface area contributed by atoms with E-state index in [9.17, 15) is 19.1 Å². The normalized spacial score (nSPS) is 21.8. The van der Waals surface area contributed by atoms with Gasteiger partial charge in [-0.25, -0.2) is 14.0 Å². The van der Waals surface area contributed by atoms with Gasteiger partial charge in [-0.2, -0.15) is 0 Å². The molecule has 0 spiro atoms. The van der Waals surface area contributed by atoms with E-state index in [4.69, 9.17) is 4.74 Å². The number of benzene rings is 1. The molecule has 1 heterocycles. The number of halogens is 1. The number of amides is 1. The van der Waals surface area contributed by atoms with Crippen LogP contribution in [0.5, 0.6) is 0 Å². The van der Waals surface area contributed by atoms with Crippen LogP contribution in [0.4, 0.5) is 9.18 Å². The maximum absolute atomic E-state index is 13.9. The van der Waals surface area contributed by atoms with E-state index in [1.807, 2.05) is 0 Å². The summed E-state index contributed by atoms with van der Waals surface area (Å²) in [5, 5.41) is 9.45. The average Bonchev–Trinajstić information content (AvgIpc) is 2.45. The molecule has 6 heteroatoms. The van der Waals surface area contributed by atoms with Crippen LogP contribution in [0, 0.1) is 5.82 Å². The molecular weight excluding hydrogens is 301 g/mol. The minimum absolute atomic E-state index is 0.176. The van der Waals surface area contributed by atoms with Crippen molar-refractivity contribution >= 4 is 12.1 Å². The van der Waals surface area contributed by atoms with Crippen LogP contribution in [0.2, 0.25) is 0 Å². The zero-order chi connectivity index (χ0) is 17.2. The molecule has 1 aromatic rings. The first kappa shape index (κ1) is 17.2. The van der Waals surface area contributed by atoms with Gasteiger partial charge in [-0.1, -0.05) is 18.2 Å². The molecule has 1 amide bonds. The molecule has 23 heavy (non-hydrogen) atoms. The predicted octanol–water partition coefficient (Wildman–Crippen LogP) is 3.39. The quantitative estimate of drug-likeness (QED) is 0.906. The number of nitrogens with zero attached hydrogens (tertiary/aromatic N) is 1. The Bertz CT molecular complexity index is 597. The van der Waals surface area contributed by atoms with Gasteiger partial charge < -0.3 is 9.84 Å². The third-order valence-electron chi connectivity index (χ3n) is 3.86. The van der Waals surface area contributed by atoms with E-state index in [2.05, 4.69) is 0 Å². The Hall–Kier alpha value is -2.11. The maximum Gasteiger partial charge on any atom is 0.411 e. The van der Waals surface area contributed by atoms with Crippen LogP contribution in [0.15, 0.2) is 24.3 Å². The van der Waals surface area contributed by atoms with Crippen molar-refractivity contribution in [1.29, 1.82) is 0 Å². The van der Waals surface area contributed by atoms with E-state index in [1.165, 1.54) is 11.0 Å². The number of carbonyl (C=O) groups is 2. The first-order chi connectivity index (χ1) is 10.7. The Morgan fingerprint density at radius 2 is 1.96 bits per heavy atom. The van der Waals surface area contributed by atoms with Gasteiger partial charge in [0.15, 0.2) is 0 Å². The Morgan fingerprint density at radius 3 is 2.52 bits per heavy atom. The van der Waals surface area contributed by atoms with E-state index in [0.29, 0.717) is 12.0 Å². The van der Waals surface area contributed by atoms with Crippen molar-refractivity contribution in [1.82, 2.24) is 4.90 Å². The highest BCUT2D eigenvalue weighted by atomic mass is 19.1. The van der Waals surface area contributed by atoms with Gasteiger partial charge in [-0.15, -0.1) is 0 Å². The summed E-state index contributed by atoms with van der Waals surface area (Å²) in [5.41, 5.74) is -0.190. The van der Waals surface area contributed by atoms with E-state index in [0.717, 1.165) is 0 Å². The molecule has 1 aliphatic heterocycles. The highest BCUT2D eigenvalue weighted by molar-refractivity contribution is 5.80. The van der Waals surface area contributed by atoms with Gasteiger partial charge in [0.25, 0.3) is 0 Å². The van der Waals surface area contributed by atoms with E-state index >= 15 is 0 Å². The fourth-order valence-electron chi connectivity index (χ4n) is 2.83. The average molecular weight is 323 g/mol. The second-order valence-corrected chi connectivity index (χ2v) is 6.77. The minimum Gasteiger partial charge on any atom is -0.480 e. The third kappa shape index (κ3) is 4.21. The van der Waals surface area contributed by atoms with Crippen LogP contribution in [-0.4, -0.2) is 40.3 Å². The molecule has 0 aliphatic carbocycles. The summed E-state index contributed by atoms with van der Waals surface area (Å²) in [7, 11) is 0. The molecule has 1 saturated heterocycles. The fraction of sp³-hybridized carbons (Fsp3) is 0.529. The Labute approximate surface area is 135 Å². The van der Waals surface area contributed by atoms with E-state index < -0.39 is 23.7 Å². The molecule has 2 atom stereocenters. The fourth-order valence-corrected chi connectivity index (χ4v) is 2.83. The number of aliphatic carboxylic acids is 1. The second kappa shape index (κ2) is 6.56. The standard InChI is InChI=1S/C17H22FNO4/c1-17(2,3)23-16(22)19-9-8-11(10-14(19)15(20)21)12-6-4-5-7-13(12)18/h4-7,11,14H,8-10H2,1-3H3,(H,20,21)/t11-,14-/m1/s1. The van der Waals surface area contributed by atoms with Gasteiger partial charge in [0.2, 0.25) is 0 Å². The molecule has 0 radical (unpaired) electrons. The van der Waals surface area contributed by atoms with Crippen molar-refractivity contribution in [2.45, 2.75) is 51.2 Å². The molecule has 1 aromatic carbocycles. The Morgan fingerprint density at radius 1 is 1.30 bits per heavy atom. The first-order valence-corrected chi connectivity index (χ1v) is 7.66. The summed E-state index contributed by atoms with van der Waals surface area (Å²) in [4.78, 5) is 25.0. The van der Waals surface area contributed by atoms with E-state index in [1.54, 1.807) is 39.0 Å². The molecule has 0 aromatic heterocycles. The molecular formula is C17H22FNO4. The van der Waals surface area contributed by atoms with Crippen molar-refractivity contribution in [2.75, 3.05) is 6.54 Å². The lowest BCUT2D eigenvalue weighted by Gasteiger charge is -2.38. The summed E-state index contributed by atoms with van der Waals surface area (Å²) in [5.74, 6) is -1.67. The van der Waals surface area contributed by atoms with Crippen LogP contribution >= 0.6 is 0 Å². The largest absolute Gasteiger partial charge is 0.480 e. The van der Waals surface area contributed by atoms with Gasteiger partial charge in [0.1, 0.15) is 17.5 Å². The number of carboxylic acid groups (broad SMARTS) is 1. The summed E-state index contributed by atoms with van der Waals surface area (Å²) in [6.45, 7) is 5.41.